The highest BCUT2D eigenvalue weighted by Gasteiger charge is 2.25. The normalized spacial score (nSPS) is 18.1. The van der Waals surface area contributed by atoms with Gasteiger partial charge < -0.3 is 14.1 Å². The molecule has 3 aromatic rings. The largest absolute Gasteiger partial charge is 0.467 e. The van der Waals surface area contributed by atoms with Gasteiger partial charge >= 0.3 is 0 Å². The molecule has 0 aliphatic carbocycles. The molecular formula is C17H19N5O2. The molecule has 0 bridgehead atoms. The van der Waals surface area contributed by atoms with Gasteiger partial charge in [0, 0.05) is 12.2 Å². The highest BCUT2D eigenvalue weighted by molar-refractivity contribution is 5.41. The zero-order chi connectivity index (χ0) is 16.5. The Hall–Kier alpha value is -2.67. The van der Waals surface area contributed by atoms with Crippen LogP contribution in [-0.2, 0) is 4.74 Å². The van der Waals surface area contributed by atoms with Crippen LogP contribution in [0, 0.1) is 13.8 Å². The van der Waals surface area contributed by atoms with Crippen molar-refractivity contribution < 1.29 is 9.15 Å². The van der Waals surface area contributed by atoms with Crippen molar-refractivity contribution in [2.75, 3.05) is 24.6 Å². The molecule has 0 spiro atoms. The Labute approximate surface area is 139 Å². The fourth-order valence-electron chi connectivity index (χ4n) is 2.96. The Kier molecular flexibility index (Phi) is 3.78. The summed E-state index contributed by atoms with van der Waals surface area (Å²) in [5.74, 6) is 2.40. The average molecular weight is 325 g/mol. The molecule has 24 heavy (non-hydrogen) atoms. The van der Waals surface area contributed by atoms with Gasteiger partial charge in [-0.1, -0.05) is 0 Å². The van der Waals surface area contributed by atoms with E-state index in [1.165, 1.54) is 0 Å². The number of nitrogens with zero attached hydrogens (tertiary/aromatic N) is 5. The smallest absolute Gasteiger partial charge is 0.176 e. The van der Waals surface area contributed by atoms with Crippen molar-refractivity contribution in [1.82, 2.24) is 20.0 Å². The van der Waals surface area contributed by atoms with Gasteiger partial charge in [0.2, 0.25) is 0 Å². The second-order valence-electron chi connectivity index (χ2n) is 5.91. The lowest BCUT2D eigenvalue weighted by molar-refractivity contribution is 0.0254. The first-order valence-electron chi connectivity index (χ1n) is 7.98. The van der Waals surface area contributed by atoms with Gasteiger partial charge in [0.25, 0.3) is 0 Å². The molecule has 0 amide bonds. The molecule has 1 saturated heterocycles. The predicted molar refractivity (Wildman–Crippen MR) is 88.2 cm³/mol. The maximum atomic E-state index is 5.79. The Morgan fingerprint density at radius 1 is 1.12 bits per heavy atom. The van der Waals surface area contributed by atoms with Gasteiger partial charge in [-0.15, -0.1) is 10.2 Å². The summed E-state index contributed by atoms with van der Waals surface area (Å²) in [4.78, 5) is 2.16. The van der Waals surface area contributed by atoms with E-state index in [-0.39, 0.29) is 6.10 Å². The minimum atomic E-state index is -0.0776. The standard InChI is InChI=1S/C17H19N5O2/c1-12-10-13(2)22(20-12)17-6-5-16(18-19-17)21-7-9-24-15(11-21)14-4-3-8-23-14/h3-6,8,10,15H,7,9,11H2,1-2H3. The number of furan rings is 1. The Morgan fingerprint density at radius 3 is 2.62 bits per heavy atom. The maximum Gasteiger partial charge on any atom is 0.176 e. The van der Waals surface area contributed by atoms with E-state index in [1.807, 2.05) is 44.2 Å². The fourth-order valence-corrected chi connectivity index (χ4v) is 2.96. The molecule has 4 rings (SSSR count). The van der Waals surface area contributed by atoms with Gasteiger partial charge in [0.15, 0.2) is 11.6 Å². The number of anilines is 1. The minimum Gasteiger partial charge on any atom is -0.467 e. The van der Waals surface area contributed by atoms with Gasteiger partial charge in [-0.05, 0) is 44.2 Å². The SMILES string of the molecule is Cc1cc(C)n(-c2ccc(N3CCOC(c4ccco4)C3)nn2)n1. The van der Waals surface area contributed by atoms with E-state index in [0.717, 1.165) is 35.3 Å². The van der Waals surface area contributed by atoms with Gasteiger partial charge in [-0.25, -0.2) is 4.68 Å². The molecule has 1 aliphatic heterocycles. The van der Waals surface area contributed by atoms with Crippen LogP contribution < -0.4 is 4.90 Å². The summed E-state index contributed by atoms with van der Waals surface area (Å²) in [7, 11) is 0. The lowest BCUT2D eigenvalue weighted by Gasteiger charge is -2.32. The van der Waals surface area contributed by atoms with Crippen LogP contribution in [0.5, 0.6) is 0 Å². The maximum absolute atomic E-state index is 5.79. The van der Waals surface area contributed by atoms with Crippen LogP contribution >= 0.6 is 0 Å². The monoisotopic (exact) mass is 325 g/mol. The number of aromatic nitrogens is 4. The van der Waals surface area contributed by atoms with Gasteiger partial charge in [-0.2, -0.15) is 5.10 Å². The quantitative estimate of drug-likeness (QED) is 0.737. The molecule has 1 fully saturated rings. The first-order valence-corrected chi connectivity index (χ1v) is 7.98. The van der Waals surface area contributed by atoms with Crippen molar-refractivity contribution in [3.05, 3.63) is 53.7 Å². The first kappa shape index (κ1) is 14.9. The molecule has 124 valence electrons. The summed E-state index contributed by atoms with van der Waals surface area (Å²) >= 11 is 0. The van der Waals surface area contributed by atoms with Crippen molar-refractivity contribution in [1.29, 1.82) is 0 Å². The molecule has 1 aliphatic rings. The minimum absolute atomic E-state index is 0.0776. The Morgan fingerprint density at radius 2 is 1.96 bits per heavy atom. The molecule has 1 atom stereocenters. The molecule has 0 saturated carbocycles. The van der Waals surface area contributed by atoms with Crippen molar-refractivity contribution in [2.24, 2.45) is 0 Å². The molecule has 3 aromatic heterocycles. The van der Waals surface area contributed by atoms with Gasteiger partial charge in [0.05, 0.1) is 25.1 Å². The van der Waals surface area contributed by atoms with E-state index in [0.29, 0.717) is 13.2 Å². The van der Waals surface area contributed by atoms with E-state index in [4.69, 9.17) is 9.15 Å². The molecule has 7 heteroatoms. The summed E-state index contributed by atoms with van der Waals surface area (Å²) in [6, 6.07) is 9.75. The van der Waals surface area contributed by atoms with Crippen molar-refractivity contribution >= 4 is 5.82 Å². The first-order chi connectivity index (χ1) is 11.7. The molecule has 0 N–H and O–H groups in total. The number of rotatable bonds is 3. The van der Waals surface area contributed by atoms with E-state index in [2.05, 4.69) is 20.2 Å². The zero-order valence-corrected chi connectivity index (χ0v) is 13.7. The van der Waals surface area contributed by atoms with Crippen LogP contribution in [0.4, 0.5) is 5.82 Å². The molecule has 0 radical (unpaired) electrons. The number of hydrogen-bond donors (Lipinski definition) is 0. The zero-order valence-electron chi connectivity index (χ0n) is 13.7. The summed E-state index contributed by atoms with van der Waals surface area (Å²) < 4.78 is 13.0. The van der Waals surface area contributed by atoms with Crippen LogP contribution in [-0.4, -0.2) is 39.7 Å². The van der Waals surface area contributed by atoms with Gasteiger partial charge in [-0.3, -0.25) is 0 Å². The van der Waals surface area contributed by atoms with E-state index in [1.54, 1.807) is 10.9 Å². The number of hydrogen-bond acceptors (Lipinski definition) is 6. The van der Waals surface area contributed by atoms with Crippen molar-refractivity contribution in [2.45, 2.75) is 20.0 Å². The summed E-state index contributed by atoms with van der Waals surface area (Å²) in [6.07, 6.45) is 1.59. The lowest BCUT2D eigenvalue weighted by Crippen LogP contribution is -2.38. The third kappa shape index (κ3) is 2.78. The van der Waals surface area contributed by atoms with Crippen molar-refractivity contribution in [3.63, 3.8) is 0 Å². The summed E-state index contributed by atoms with van der Waals surface area (Å²) in [6.45, 7) is 6.08. The highest BCUT2D eigenvalue weighted by atomic mass is 16.5. The predicted octanol–water partition coefficient (Wildman–Crippen LogP) is 2.45. The number of morpholine rings is 1. The van der Waals surface area contributed by atoms with Crippen LogP contribution in [0.1, 0.15) is 23.3 Å². The van der Waals surface area contributed by atoms with Crippen LogP contribution in [0.15, 0.2) is 41.0 Å². The molecule has 1 unspecified atom stereocenters. The van der Waals surface area contributed by atoms with Crippen LogP contribution in [0.25, 0.3) is 5.82 Å². The molecule has 4 heterocycles. The highest BCUT2D eigenvalue weighted by Crippen LogP contribution is 2.25. The van der Waals surface area contributed by atoms with E-state index in [9.17, 15) is 0 Å². The number of aryl methyl sites for hydroxylation is 2. The van der Waals surface area contributed by atoms with Gasteiger partial charge in [0.1, 0.15) is 11.9 Å². The van der Waals surface area contributed by atoms with E-state index >= 15 is 0 Å². The Bertz CT molecular complexity index is 810. The Balaban J connectivity index is 1.53. The topological polar surface area (TPSA) is 69.2 Å². The number of ether oxygens (including phenoxy) is 1. The van der Waals surface area contributed by atoms with Crippen LogP contribution in [0.3, 0.4) is 0 Å². The third-order valence-corrected chi connectivity index (χ3v) is 4.11. The molecule has 7 nitrogen and oxygen atoms in total. The molecule has 0 aromatic carbocycles. The summed E-state index contributed by atoms with van der Waals surface area (Å²) in [5, 5.41) is 13.1. The lowest BCUT2D eigenvalue weighted by atomic mass is 10.2. The average Bonchev–Trinajstić information content (AvgIpc) is 3.25. The van der Waals surface area contributed by atoms with Crippen LogP contribution in [0.2, 0.25) is 0 Å². The second kappa shape index (κ2) is 6.09. The second-order valence-corrected chi connectivity index (χ2v) is 5.91. The third-order valence-electron chi connectivity index (χ3n) is 4.11. The fraction of sp³-hybridized carbons (Fsp3) is 0.353. The summed E-state index contributed by atoms with van der Waals surface area (Å²) in [5.41, 5.74) is 2.01. The van der Waals surface area contributed by atoms with Crippen molar-refractivity contribution in [3.8, 4) is 5.82 Å². The van der Waals surface area contributed by atoms with E-state index < -0.39 is 0 Å². The molecular weight excluding hydrogens is 306 g/mol.